The maximum atomic E-state index is 12.1. The smallest absolute Gasteiger partial charge is 0.344 e. The molecular formula is C20H23NO4. The number of nitrogens with one attached hydrogen (secondary N) is 1. The Morgan fingerprint density at radius 2 is 1.72 bits per heavy atom. The lowest BCUT2D eigenvalue weighted by molar-refractivity contribution is -0.149. The van der Waals surface area contributed by atoms with Gasteiger partial charge in [-0.15, -0.1) is 0 Å². The number of esters is 1. The van der Waals surface area contributed by atoms with Crippen molar-refractivity contribution >= 4 is 17.6 Å². The van der Waals surface area contributed by atoms with Crippen LogP contribution in [-0.4, -0.2) is 25.1 Å². The number of carbonyl (C=O) groups is 2. The molecule has 5 heteroatoms. The Morgan fingerprint density at radius 1 is 1.00 bits per heavy atom. The van der Waals surface area contributed by atoms with Crippen LogP contribution >= 0.6 is 0 Å². The van der Waals surface area contributed by atoms with Crippen LogP contribution in [0.5, 0.6) is 5.75 Å². The standard InChI is InChI=1S/C20H23NO4/c1-14(2)17-11-7-8-15(3)20(17)21-18(22)12-25-19(23)13-24-16-9-5-4-6-10-16/h4-11,14H,12-13H2,1-3H3,(H,21,22). The summed E-state index contributed by atoms with van der Waals surface area (Å²) in [6.45, 7) is 5.47. The van der Waals surface area contributed by atoms with Gasteiger partial charge >= 0.3 is 5.97 Å². The fourth-order valence-electron chi connectivity index (χ4n) is 2.36. The monoisotopic (exact) mass is 341 g/mol. The number of rotatable bonds is 7. The van der Waals surface area contributed by atoms with Crippen molar-refractivity contribution in [3.05, 3.63) is 59.7 Å². The van der Waals surface area contributed by atoms with Gasteiger partial charge in [-0.25, -0.2) is 4.79 Å². The van der Waals surface area contributed by atoms with Crippen LogP contribution in [0.15, 0.2) is 48.5 Å². The van der Waals surface area contributed by atoms with Gasteiger partial charge in [0.05, 0.1) is 0 Å². The average Bonchev–Trinajstić information content (AvgIpc) is 2.60. The summed E-state index contributed by atoms with van der Waals surface area (Å²) in [5, 5.41) is 2.83. The Kier molecular flexibility index (Phi) is 6.57. The summed E-state index contributed by atoms with van der Waals surface area (Å²) in [4.78, 5) is 23.8. The summed E-state index contributed by atoms with van der Waals surface area (Å²) in [6, 6.07) is 14.8. The number of amides is 1. The second-order valence-corrected chi connectivity index (χ2v) is 6.00. The molecule has 0 aliphatic carbocycles. The van der Waals surface area contributed by atoms with Crippen LogP contribution in [0.25, 0.3) is 0 Å². The van der Waals surface area contributed by atoms with Gasteiger partial charge in [0.2, 0.25) is 0 Å². The minimum Gasteiger partial charge on any atom is -0.482 e. The number of para-hydroxylation sites is 2. The van der Waals surface area contributed by atoms with Crippen molar-refractivity contribution in [1.29, 1.82) is 0 Å². The molecule has 2 aromatic rings. The molecule has 0 aliphatic heterocycles. The highest BCUT2D eigenvalue weighted by Gasteiger charge is 2.13. The second-order valence-electron chi connectivity index (χ2n) is 6.00. The Morgan fingerprint density at radius 3 is 2.40 bits per heavy atom. The van der Waals surface area contributed by atoms with Gasteiger partial charge in [0.1, 0.15) is 5.75 Å². The van der Waals surface area contributed by atoms with Crippen molar-refractivity contribution < 1.29 is 19.1 Å². The topological polar surface area (TPSA) is 64.6 Å². The molecule has 1 N–H and O–H groups in total. The molecule has 0 atom stereocenters. The quantitative estimate of drug-likeness (QED) is 0.780. The predicted molar refractivity (Wildman–Crippen MR) is 96.8 cm³/mol. The van der Waals surface area contributed by atoms with Crippen LogP contribution in [0.2, 0.25) is 0 Å². The number of hydrogen-bond acceptors (Lipinski definition) is 4. The summed E-state index contributed by atoms with van der Waals surface area (Å²) in [5.41, 5.74) is 2.80. The van der Waals surface area contributed by atoms with Gasteiger partial charge < -0.3 is 14.8 Å². The summed E-state index contributed by atoms with van der Waals surface area (Å²) in [6.07, 6.45) is 0. The van der Waals surface area contributed by atoms with Crippen LogP contribution < -0.4 is 10.1 Å². The molecular weight excluding hydrogens is 318 g/mol. The maximum absolute atomic E-state index is 12.1. The van der Waals surface area contributed by atoms with E-state index in [1.807, 2.05) is 43.3 Å². The summed E-state index contributed by atoms with van der Waals surface area (Å²) < 4.78 is 10.2. The predicted octanol–water partition coefficient (Wildman–Crippen LogP) is 3.68. The van der Waals surface area contributed by atoms with E-state index in [1.165, 1.54) is 0 Å². The normalized spacial score (nSPS) is 10.4. The largest absolute Gasteiger partial charge is 0.482 e. The van der Waals surface area contributed by atoms with Gasteiger partial charge in [0.15, 0.2) is 13.2 Å². The molecule has 0 fully saturated rings. The zero-order chi connectivity index (χ0) is 18.2. The number of hydrogen-bond donors (Lipinski definition) is 1. The van der Waals surface area contributed by atoms with Crippen LogP contribution in [0, 0.1) is 6.92 Å². The molecule has 0 heterocycles. The van der Waals surface area contributed by atoms with Gasteiger partial charge in [-0.3, -0.25) is 4.79 Å². The van der Waals surface area contributed by atoms with Gasteiger partial charge in [0.25, 0.3) is 5.91 Å². The van der Waals surface area contributed by atoms with Crippen LogP contribution in [0.3, 0.4) is 0 Å². The van der Waals surface area contributed by atoms with Gasteiger partial charge in [-0.1, -0.05) is 50.2 Å². The molecule has 0 unspecified atom stereocenters. The first-order valence-corrected chi connectivity index (χ1v) is 8.20. The number of carbonyl (C=O) groups excluding carboxylic acids is 2. The van der Waals surface area contributed by atoms with Gasteiger partial charge in [0, 0.05) is 5.69 Å². The van der Waals surface area contributed by atoms with E-state index in [2.05, 4.69) is 19.2 Å². The lowest BCUT2D eigenvalue weighted by Crippen LogP contribution is -2.24. The molecule has 0 bridgehead atoms. The number of benzene rings is 2. The maximum Gasteiger partial charge on any atom is 0.344 e. The van der Waals surface area contributed by atoms with E-state index in [1.54, 1.807) is 12.1 Å². The zero-order valence-corrected chi connectivity index (χ0v) is 14.7. The van der Waals surface area contributed by atoms with E-state index < -0.39 is 5.97 Å². The van der Waals surface area contributed by atoms with E-state index in [9.17, 15) is 9.59 Å². The van der Waals surface area contributed by atoms with Crippen molar-refractivity contribution in [2.75, 3.05) is 18.5 Å². The Hall–Kier alpha value is -2.82. The Balaban J connectivity index is 1.84. The molecule has 1 amide bonds. The third kappa shape index (κ3) is 5.64. The number of ether oxygens (including phenoxy) is 2. The third-order valence-corrected chi connectivity index (χ3v) is 3.66. The fourth-order valence-corrected chi connectivity index (χ4v) is 2.36. The molecule has 0 saturated carbocycles. The molecule has 0 saturated heterocycles. The first kappa shape index (κ1) is 18.5. The first-order chi connectivity index (χ1) is 12.0. The fraction of sp³-hybridized carbons (Fsp3) is 0.300. The van der Waals surface area contributed by atoms with Crippen molar-refractivity contribution in [3.63, 3.8) is 0 Å². The summed E-state index contributed by atoms with van der Waals surface area (Å²) in [5.74, 6) is -0.112. The highest BCUT2D eigenvalue weighted by molar-refractivity contribution is 5.94. The molecule has 25 heavy (non-hydrogen) atoms. The first-order valence-electron chi connectivity index (χ1n) is 8.20. The van der Waals surface area contributed by atoms with E-state index in [0.29, 0.717) is 5.75 Å². The summed E-state index contributed by atoms with van der Waals surface area (Å²) >= 11 is 0. The minimum atomic E-state index is -0.590. The van der Waals surface area contributed by atoms with Crippen molar-refractivity contribution in [2.24, 2.45) is 0 Å². The van der Waals surface area contributed by atoms with Gasteiger partial charge in [-0.05, 0) is 36.1 Å². The van der Waals surface area contributed by atoms with E-state index in [4.69, 9.17) is 9.47 Å². The molecule has 0 radical (unpaired) electrons. The number of aryl methyl sites for hydroxylation is 1. The molecule has 0 aliphatic rings. The van der Waals surface area contributed by atoms with E-state index in [-0.39, 0.29) is 25.0 Å². The molecule has 5 nitrogen and oxygen atoms in total. The second kappa shape index (κ2) is 8.87. The highest BCUT2D eigenvalue weighted by Crippen LogP contribution is 2.27. The molecule has 132 valence electrons. The molecule has 2 aromatic carbocycles. The lowest BCUT2D eigenvalue weighted by Gasteiger charge is -2.16. The lowest BCUT2D eigenvalue weighted by atomic mass is 9.98. The van der Waals surface area contributed by atoms with Crippen molar-refractivity contribution in [1.82, 2.24) is 0 Å². The number of anilines is 1. The minimum absolute atomic E-state index is 0.237. The molecule has 0 spiro atoms. The van der Waals surface area contributed by atoms with Crippen LogP contribution in [0.4, 0.5) is 5.69 Å². The molecule has 2 rings (SSSR count). The van der Waals surface area contributed by atoms with E-state index in [0.717, 1.165) is 16.8 Å². The van der Waals surface area contributed by atoms with Crippen molar-refractivity contribution in [3.8, 4) is 5.75 Å². The van der Waals surface area contributed by atoms with Crippen molar-refractivity contribution in [2.45, 2.75) is 26.7 Å². The Bertz CT molecular complexity index is 726. The third-order valence-electron chi connectivity index (χ3n) is 3.66. The van der Waals surface area contributed by atoms with Crippen LogP contribution in [-0.2, 0) is 14.3 Å². The van der Waals surface area contributed by atoms with E-state index >= 15 is 0 Å². The zero-order valence-electron chi connectivity index (χ0n) is 14.7. The van der Waals surface area contributed by atoms with Gasteiger partial charge in [-0.2, -0.15) is 0 Å². The Labute approximate surface area is 148 Å². The highest BCUT2D eigenvalue weighted by atomic mass is 16.6. The average molecular weight is 341 g/mol. The summed E-state index contributed by atoms with van der Waals surface area (Å²) in [7, 11) is 0. The molecule has 0 aromatic heterocycles. The SMILES string of the molecule is Cc1cccc(C(C)C)c1NC(=O)COC(=O)COc1ccccc1. The van der Waals surface area contributed by atoms with Crippen LogP contribution in [0.1, 0.15) is 30.9 Å².